The number of hydrogen-bond donors (Lipinski definition) is 1. The van der Waals surface area contributed by atoms with E-state index in [1.807, 2.05) is 0 Å². The van der Waals surface area contributed by atoms with E-state index in [1.165, 1.54) is 33.8 Å². The van der Waals surface area contributed by atoms with Crippen molar-refractivity contribution < 1.29 is 13.2 Å². The number of nitrogens with one attached hydrogen (secondary N) is 1. The van der Waals surface area contributed by atoms with Crippen molar-refractivity contribution in [2.75, 3.05) is 18.4 Å². The molecule has 1 fully saturated rings. The standard InChI is InChI=1S/C18H18N6O3S/c25-18(22-16-7-4-8-20-17(16)24-13-19-12-21-24)14-5-3-6-15(11-14)28(26,27)23-9-1-2-10-23/h3-8,11-13H,1-2,9-10H2,(H,22,25). The summed E-state index contributed by atoms with van der Waals surface area (Å²) in [6, 6.07) is 9.42. The van der Waals surface area contributed by atoms with Crippen molar-refractivity contribution in [2.24, 2.45) is 0 Å². The van der Waals surface area contributed by atoms with Gasteiger partial charge in [0, 0.05) is 24.8 Å². The van der Waals surface area contributed by atoms with E-state index >= 15 is 0 Å². The first kappa shape index (κ1) is 18.3. The summed E-state index contributed by atoms with van der Waals surface area (Å²) in [6.45, 7) is 1.02. The number of carbonyl (C=O) groups excluding carboxylic acids is 1. The Hall–Kier alpha value is -3.11. The molecule has 144 valence electrons. The summed E-state index contributed by atoms with van der Waals surface area (Å²) in [4.78, 5) is 21.0. The van der Waals surface area contributed by atoms with Gasteiger partial charge in [-0.2, -0.15) is 9.40 Å². The Morgan fingerprint density at radius 3 is 2.68 bits per heavy atom. The van der Waals surface area contributed by atoms with Gasteiger partial charge in [-0.05, 0) is 43.2 Å². The lowest BCUT2D eigenvalue weighted by atomic mass is 10.2. The van der Waals surface area contributed by atoms with Gasteiger partial charge < -0.3 is 5.32 Å². The molecule has 1 N–H and O–H groups in total. The molecule has 0 unspecified atom stereocenters. The van der Waals surface area contributed by atoms with Crippen molar-refractivity contribution in [3.05, 3.63) is 60.8 Å². The number of hydrogen-bond acceptors (Lipinski definition) is 6. The monoisotopic (exact) mass is 398 g/mol. The van der Waals surface area contributed by atoms with Gasteiger partial charge in [-0.15, -0.1) is 0 Å². The number of pyridine rings is 1. The molecule has 2 aromatic heterocycles. The molecule has 0 aliphatic carbocycles. The van der Waals surface area contributed by atoms with Crippen LogP contribution in [0.2, 0.25) is 0 Å². The molecule has 0 spiro atoms. The summed E-state index contributed by atoms with van der Waals surface area (Å²) >= 11 is 0. The zero-order valence-corrected chi connectivity index (χ0v) is 15.7. The summed E-state index contributed by atoms with van der Waals surface area (Å²) in [5, 5.41) is 6.79. The lowest BCUT2D eigenvalue weighted by Crippen LogP contribution is -2.28. The van der Waals surface area contributed by atoms with Gasteiger partial charge in [-0.3, -0.25) is 4.79 Å². The van der Waals surface area contributed by atoms with Crippen LogP contribution in [0.5, 0.6) is 0 Å². The first-order valence-electron chi connectivity index (χ1n) is 8.77. The fourth-order valence-electron chi connectivity index (χ4n) is 3.06. The average molecular weight is 398 g/mol. The molecular formula is C18H18N6O3S. The molecule has 1 aromatic carbocycles. The largest absolute Gasteiger partial charge is 0.319 e. The predicted octanol–water partition coefficient (Wildman–Crippen LogP) is 1.70. The molecule has 9 nitrogen and oxygen atoms in total. The fraction of sp³-hybridized carbons (Fsp3) is 0.222. The van der Waals surface area contributed by atoms with Crippen LogP contribution in [0.3, 0.4) is 0 Å². The quantitative estimate of drug-likeness (QED) is 0.700. The second kappa shape index (κ2) is 7.49. The third-order valence-corrected chi connectivity index (χ3v) is 6.36. The van der Waals surface area contributed by atoms with Gasteiger partial charge in [0.15, 0.2) is 5.82 Å². The minimum Gasteiger partial charge on any atom is -0.319 e. The molecule has 1 saturated heterocycles. The third kappa shape index (κ3) is 3.51. The highest BCUT2D eigenvalue weighted by Crippen LogP contribution is 2.22. The molecule has 0 radical (unpaired) electrons. The number of aromatic nitrogens is 4. The highest BCUT2D eigenvalue weighted by molar-refractivity contribution is 7.89. The van der Waals surface area contributed by atoms with Crippen molar-refractivity contribution >= 4 is 21.6 Å². The number of amides is 1. The van der Waals surface area contributed by atoms with Crippen LogP contribution in [-0.2, 0) is 10.0 Å². The number of rotatable bonds is 5. The van der Waals surface area contributed by atoms with Gasteiger partial charge in [0.2, 0.25) is 10.0 Å². The molecule has 1 aliphatic heterocycles. The molecule has 0 atom stereocenters. The van der Waals surface area contributed by atoms with Crippen LogP contribution >= 0.6 is 0 Å². The van der Waals surface area contributed by atoms with Crippen molar-refractivity contribution in [3.63, 3.8) is 0 Å². The Bertz CT molecular complexity index is 1090. The molecule has 1 aliphatic rings. The summed E-state index contributed by atoms with van der Waals surface area (Å²) in [6.07, 6.45) is 6.13. The SMILES string of the molecule is O=C(Nc1cccnc1-n1cncn1)c1cccc(S(=O)(=O)N2CCCC2)c1. The van der Waals surface area contributed by atoms with Gasteiger partial charge in [-0.1, -0.05) is 6.07 Å². The van der Waals surface area contributed by atoms with E-state index in [2.05, 4.69) is 20.4 Å². The smallest absolute Gasteiger partial charge is 0.255 e. The van der Waals surface area contributed by atoms with E-state index in [0.717, 1.165) is 12.8 Å². The molecule has 3 aromatic rings. The lowest BCUT2D eigenvalue weighted by Gasteiger charge is -2.16. The van der Waals surface area contributed by atoms with Crippen LogP contribution in [0.4, 0.5) is 5.69 Å². The van der Waals surface area contributed by atoms with Crippen molar-refractivity contribution in [1.29, 1.82) is 0 Å². The average Bonchev–Trinajstić information content (AvgIpc) is 3.43. The molecule has 10 heteroatoms. The maximum Gasteiger partial charge on any atom is 0.255 e. The maximum atomic E-state index is 12.7. The zero-order valence-electron chi connectivity index (χ0n) is 14.9. The Morgan fingerprint density at radius 2 is 1.93 bits per heavy atom. The third-order valence-electron chi connectivity index (χ3n) is 4.47. The fourth-order valence-corrected chi connectivity index (χ4v) is 4.63. The van der Waals surface area contributed by atoms with E-state index < -0.39 is 15.9 Å². The minimum absolute atomic E-state index is 0.115. The first-order valence-corrected chi connectivity index (χ1v) is 10.2. The number of benzene rings is 1. The lowest BCUT2D eigenvalue weighted by molar-refractivity contribution is 0.102. The molecule has 4 rings (SSSR count). The molecule has 1 amide bonds. The van der Waals surface area contributed by atoms with E-state index in [-0.39, 0.29) is 10.5 Å². The van der Waals surface area contributed by atoms with Crippen molar-refractivity contribution in [1.82, 2.24) is 24.1 Å². The van der Waals surface area contributed by atoms with E-state index in [0.29, 0.717) is 24.6 Å². The van der Waals surface area contributed by atoms with Crippen LogP contribution in [0.1, 0.15) is 23.2 Å². The first-order chi connectivity index (χ1) is 13.6. The van der Waals surface area contributed by atoms with E-state index in [9.17, 15) is 13.2 Å². The van der Waals surface area contributed by atoms with Crippen LogP contribution < -0.4 is 5.32 Å². The Morgan fingerprint density at radius 1 is 1.11 bits per heavy atom. The molecule has 28 heavy (non-hydrogen) atoms. The number of sulfonamides is 1. The maximum absolute atomic E-state index is 12.7. The molecular weight excluding hydrogens is 380 g/mol. The van der Waals surface area contributed by atoms with E-state index in [1.54, 1.807) is 30.5 Å². The summed E-state index contributed by atoms with van der Waals surface area (Å²) < 4.78 is 28.4. The normalized spacial score (nSPS) is 14.9. The van der Waals surface area contributed by atoms with E-state index in [4.69, 9.17) is 0 Å². The van der Waals surface area contributed by atoms with Gasteiger partial charge in [0.1, 0.15) is 12.7 Å². The summed E-state index contributed by atoms with van der Waals surface area (Å²) in [7, 11) is -3.59. The van der Waals surface area contributed by atoms with Gasteiger partial charge in [-0.25, -0.2) is 23.1 Å². The van der Waals surface area contributed by atoms with Gasteiger partial charge in [0.25, 0.3) is 5.91 Å². The van der Waals surface area contributed by atoms with Crippen molar-refractivity contribution in [3.8, 4) is 5.82 Å². The minimum atomic E-state index is -3.59. The predicted molar refractivity (Wildman–Crippen MR) is 102 cm³/mol. The van der Waals surface area contributed by atoms with Crippen LogP contribution in [0.25, 0.3) is 5.82 Å². The molecule has 0 bridgehead atoms. The zero-order chi connectivity index (χ0) is 19.6. The highest BCUT2D eigenvalue weighted by Gasteiger charge is 2.27. The summed E-state index contributed by atoms with van der Waals surface area (Å²) in [5.41, 5.74) is 0.680. The second-order valence-corrected chi connectivity index (χ2v) is 8.25. The second-order valence-electron chi connectivity index (χ2n) is 6.31. The number of anilines is 1. The highest BCUT2D eigenvalue weighted by atomic mass is 32.2. The van der Waals surface area contributed by atoms with Crippen LogP contribution in [0, 0.1) is 0 Å². The van der Waals surface area contributed by atoms with Crippen LogP contribution in [0.15, 0.2) is 60.1 Å². The van der Waals surface area contributed by atoms with Gasteiger partial charge >= 0.3 is 0 Å². The Balaban J connectivity index is 1.60. The summed E-state index contributed by atoms with van der Waals surface area (Å²) in [5.74, 6) is -0.0259. The Labute approximate surface area is 162 Å². The topological polar surface area (TPSA) is 110 Å². The van der Waals surface area contributed by atoms with Gasteiger partial charge in [0.05, 0.1) is 10.6 Å². The molecule has 0 saturated carbocycles. The molecule has 3 heterocycles. The van der Waals surface area contributed by atoms with Crippen molar-refractivity contribution in [2.45, 2.75) is 17.7 Å². The Kier molecular flexibility index (Phi) is 4.88. The number of nitrogens with zero attached hydrogens (tertiary/aromatic N) is 5. The number of carbonyl (C=O) groups is 1. The van der Waals surface area contributed by atoms with Crippen LogP contribution in [-0.4, -0.2) is 51.5 Å².